The summed E-state index contributed by atoms with van der Waals surface area (Å²) in [6.07, 6.45) is 0. The van der Waals surface area contributed by atoms with Crippen LogP contribution in [0.1, 0.15) is 0 Å². The molecule has 0 aliphatic rings. The molecule has 0 aromatic heterocycles. The number of hydrogen-bond acceptors (Lipinski definition) is 4. The molecule has 0 saturated heterocycles. The third kappa shape index (κ3) is 1.54. The van der Waals surface area contributed by atoms with Gasteiger partial charge in [-0.1, -0.05) is 0 Å². The van der Waals surface area contributed by atoms with Gasteiger partial charge in [0.1, 0.15) is 11.5 Å². The summed E-state index contributed by atoms with van der Waals surface area (Å²) in [7, 11) is 5.70. The molecule has 0 atom stereocenters. The first-order valence-corrected chi connectivity index (χ1v) is 3.87. The quantitative estimate of drug-likeness (QED) is 0.504. The van der Waals surface area contributed by atoms with Gasteiger partial charge in [0.25, 0.3) is 0 Å². The van der Waals surface area contributed by atoms with Gasteiger partial charge < -0.3 is 20.3 Å². The molecule has 6 heteroatoms. The Hall–Kier alpha value is -1.15. The molecule has 6 radical (unpaired) electrons. The van der Waals surface area contributed by atoms with Crippen LogP contribution in [0.5, 0.6) is 11.5 Å². The average Bonchev–Trinajstić information content (AvgIpc) is 2.05. The fourth-order valence-corrected chi connectivity index (χ4v) is 1.13. The van der Waals surface area contributed by atoms with E-state index in [4.69, 9.17) is 20.3 Å². The van der Waals surface area contributed by atoms with Gasteiger partial charge in [0, 0.05) is 6.07 Å². The summed E-state index contributed by atoms with van der Waals surface area (Å²) in [5.74, 6) is 0.906. The topological polar surface area (TPSA) is 70.5 Å². The van der Waals surface area contributed by atoms with E-state index in [0.717, 1.165) is 0 Å². The van der Waals surface area contributed by atoms with Gasteiger partial charge in [-0.2, -0.15) is 0 Å². The third-order valence-electron chi connectivity index (χ3n) is 1.36. The Morgan fingerprint density at radius 2 is 1.33 bits per heavy atom. The van der Waals surface area contributed by atoms with Crippen molar-refractivity contribution in [3.8, 4) is 11.5 Å². The van der Waals surface area contributed by atoms with Crippen LogP contribution in [0.3, 0.4) is 0 Å². The van der Waals surface area contributed by atoms with Crippen molar-refractivity contribution in [3.63, 3.8) is 0 Å². The molecule has 0 amide bonds. The normalized spacial score (nSPS) is 9.50. The van der Waals surface area contributed by atoms with E-state index in [0.29, 0.717) is 22.9 Å². The lowest BCUT2D eigenvalue weighted by atomic mass is 10.2. The van der Waals surface area contributed by atoms with Gasteiger partial charge in [0.05, 0.1) is 11.4 Å². The maximum atomic E-state index is 5.55. The van der Waals surface area contributed by atoms with Gasteiger partial charge in [-0.25, -0.2) is 0 Å². The van der Waals surface area contributed by atoms with Gasteiger partial charge in [-0.05, 0) is 6.07 Å². The van der Waals surface area contributed by atoms with Crippen LogP contribution < -0.4 is 20.3 Å². The summed E-state index contributed by atoms with van der Waals surface area (Å²) in [5.41, 5.74) is 12.0. The van der Waals surface area contributed by atoms with E-state index < -0.39 is 0 Å². The SMILES string of the molecule is Nc1cc(N)c(O[Si])cc1O[Si]. The molecule has 0 bridgehead atoms. The number of anilines is 2. The van der Waals surface area contributed by atoms with Crippen LogP contribution >= 0.6 is 0 Å². The summed E-state index contributed by atoms with van der Waals surface area (Å²) < 4.78 is 9.53. The molecule has 12 heavy (non-hydrogen) atoms. The minimum atomic E-state index is 0.440. The minimum Gasteiger partial charge on any atom is -0.539 e. The van der Waals surface area contributed by atoms with Gasteiger partial charge in [-0.15, -0.1) is 0 Å². The maximum Gasteiger partial charge on any atom is 0.341 e. The molecule has 0 saturated carbocycles. The summed E-state index contributed by atoms with van der Waals surface area (Å²) in [4.78, 5) is 0. The van der Waals surface area contributed by atoms with Crippen LogP contribution in [0.25, 0.3) is 0 Å². The fourth-order valence-electron chi connectivity index (χ4n) is 0.772. The van der Waals surface area contributed by atoms with Gasteiger partial charge in [0.2, 0.25) is 0 Å². The number of benzene rings is 1. The summed E-state index contributed by atoms with van der Waals surface area (Å²) in [6.45, 7) is 0. The zero-order valence-electron chi connectivity index (χ0n) is 6.13. The molecule has 0 unspecified atom stereocenters. The average molecular weight is 194 g/mol. The minimum absolute atomic E-state index is 0.440. The zero-order valence-corrected chi connectivity index (χ0v) is 8.13. The fraction of sp³-hybridized carbons (Fsp3) is 0. The summed E-state index contributed by atoms with van der Waals surface area (Å²) >= 11 is 0. The first-order chi connectivity index (χ1) is 5.69. The molecule has 1 rings (SSSR count). The molecule has 1 aromatic rings. The van der Waals surface area contributed by atoms with Crippen molar-refractivity contribution >= 4 is 32.3 Å². The largest absolute Gasteiger partial charge is 0.539 e. The van der Waals surface area contributed by atoms with Crippen molar-refractivity contribution < 1.29 is 8.85 Å². The lowest BCUT2D eigenvalue weighted by Gasteiger charge is -2.09. The molecule has 0 aliphatic heterocycles. The molecular formula is C6H6N2O2Si2. The number of nitrogens with two attached hydrogens (primary N) is 2. The Kier molecular flexibility index (Phi) is 2.61. The highest BCUT2D eigenvalue weighted by atomic mass is 28.2. The molecule has 4 N–H and O–H groups in total. The van der Waals surface area contributed by atoms with Crippen LogP contribution in [0.2, 0.25) is 0 Å². The van der Waals surface area contributed by atoms with Gasteiger partial charge in [-0.3, -0.25) is 0 Å². The van der Waals surface area contributed by atoms with Crippen molar-refractivity contribution in [1.29, 1.82) is 0 Å². The third-order valence-corrected chi connectivity index (χ3v) is 1.80. The molecule has 4 nitrogen and oxygen atoms in total. The van der Waals surface area contributed by atoms with Crippen molar-refractivity contribution in [2.75, 3.05) is 11.5 Å². The number of nitrogen functional groups attached to an aromatic ring is 2. The second-order valence-electron chi connectivity index (χ2n) is 2.13. The Balaban J connectivity index is 3.18. The first-order valence-electron chi connectivity index (χ1n) is 3.05. The van der Waals surface area contributed by atoms with Crippen molar-refractivity contribution in [1.82, 2.24) is 0 Å². The lowest BCUT2D eigenvalue weighted by Crippen LogP contribution is -1.99. The Morgan fingerprint density at radius 1 is 0.917 bits per heavy atom. The predicted octanol–water partition coefficient (Wildman–Crippen LogP) is -0.224. The summed E-state index contributed by atoms with van der Waals surface area (Å²) in [6, 6.07) is 3.11. The molecule has 0 fully saturated rings. The van der Waals surface area contributed by atoms with E-state index in [-0.39, 0.29) is 0 Å². The van der Waals surface area contributed by atoms with Gasteiger partial charge >= 0.3 is 21.0 Å². The maximum absolute atomic E-state index is 5.55. The molecular weight excluding hydrogens is 188 g/mol. The first kappa shape index (κ1) is 8.95. The standard InChI is InChI=1S/C6H6N2O2Si2/c7-3-1-4(8)6(10-12)2-5(3)9-11/h1-2H,7-8H2. The molecule has 1 aromatic carbocycles. The highest BCUT2D eigenvalue weighted by Crippen LogP contribution is 2.31. The lowest BCUT2D eigenvalue weighted by molar-refractivity contribution is 0.592. The van der Waals surface area contributed by atoms with E-state index in [1.165, 1.54) is 0 Å². The van der Waals surface area contributed by atoms with Crippen LogP contribution in [-0.2, 0) is 0 Å². The van der Waals surface area contributed by atoms with Gasteiger partial charge in [0.15, 0.2) is 0 Å². The van der Waals surface area contributed by atoms with Crippen molar-refractivity contribution in [2.45, 2.75) is 0 Å². The zero-order chi connectivity index (χ0) is 9.14. The number of hydrogen-bond donors (Lipinski definition) is 2. The second kappa shape index (κ2) is 3.50. The Bertz CT molecular complexity index is 268. The smallest absolute Gasteiger partial charge is 0.341 e. The number of rotatable bonds is 2. The highest BCUT2D eigenvalue weighted by molar-refractivity contribution is 6.02. The van der Waals surface area contributed by atoms with Crippen molar-refractivity contribution in [2.24, 2.45) is 0 Å². The van der Waals surface area contributed by atoms with E-state index in [1.807, 2.05) is 0 Å². The Labute approximate surface area is 76.9 Å². The van der Waals surface area contributed by atoms with Crippen LogP contribution in [-0.4, -0.2) is 21.0 Å². The van der Waals surface area contributed by atoms with E-state index in [2.05, 4.69) is 21.0 Å². The van der Waals surface area contributed by atoms with Crippen LogP contribution in [0, 0.1) is 0 Å². The van der Waals surface area contributed by atoms with Crippen molar-refractivity contribution in [3.05, 3.63) is 12.1 Å². The van der Waals surface area contributed by atoms with E-state index >= 15 is 0 Å². The predicted molar refractivity (Wildman–Crippen MR) is 48.0 cm³/mol. The molecule has 0 heterocycles. The van der Waals surface area contributed by atoms with Crippen LogP contribution in [0.15, 0.2) is 12.1 Å². The van der Waals surface area contributed by atoms with E-state index in [1.54, 1.807) is 12.1 Å². The molecule has 60 valence electrons. The monoisotopic (exact) mass is 194 g/mol. The van der Waals surface area contributed by atoms with Crippen LogP contribution in [0.4, 0.5) is 11.4 Å². The van der Waals surface area contributed by atoms with E-state index in [9.17, 15) is 0 Å². The highest BCUT2D eigenvalue weighted by Gasteiger charge is 2.04. The molecule has 0 aliphatic carbocycles. The Morgan fingerprint density at radius 3 is 1.67 bits per heavy atom. The summed E-state index contributed by atoms with van der Waals surface area (Å²) in [5, 5.41) is 0. The molecule has 0 spiro atoms. The second-order valence-corrected chi connectivity index (χ2v) is 2.54.